The van der Waals surface area contributed by atoms with Crippen LogP contribution < -0.4 is 10.6 Å². The maximum atomic E-state index is 12.4. The van der Waals surface area contributed by atoms with E-state index in [9.17, 15) is 4.79 Å². The molecular formula is C25H24N8O2. The van der Waals surface area contributed by atoms with Crippen LogP contribution in [0, 0.1) is 12.8 Å². The highest BCUT2D eigenvalue weighted by atomic mass is 16.5. The van der Waals surface area contributed by atoms with E-state index in [1.807, 2.05) is 25.1 Å². The van der Waals surface area contributed by atoms with Crippen LogP contribution >= 0.6 is 0 Å². The molecule has 1 aliphatic heterocycles. The summed E-state index contributed by atoms with van der Waals surface area (Å²) in [6, 6.07) is 11.0. The van der Waals surface area contributed by atoms with Crippen LogP contribution in [0.5, 0.6) is 0 Å². The highest BCUT2D eigenvalue weighted by molar-refractivity contribution is 5.89. The van der Waals surface area contributed by atoms with Crippen molar-refractivity contribution in [1.82, 2.24) is 35.2 Å². The van der Waals surface area contributed by atoms with Crippen molar-refractivity contribution in [1.29, 1.82) is 0 Å². The average molecular weight is 469 g/mol. The Balaban J connectivity index is 1.26. The maximum absolute atomic E-state index is 12.4. The summed E-state index contributed by atoms with van der Waals surface area (Å²) in [5.41, 5.74) is 2.83. The molecule has 0 atom stereocenters. The molecule has 4 aromatic heterocycles. The lowest BCUT2D eigenvalue weighted by Gasteiger charge is -2.26. The molecular weight excluding hydrogens is 444 g/mol. The fourth-order valence-electron chi connectivity index (χ4n) is 3.53. The number of aromatic nitrogens is 6. The lowest BCUT2D eigenvalue weighted by molar-refractivity contribution is 0.0397. The summed E-state index contributed by atoms with van der Waals surface area (Å²) in [6.07, 6.45) is 6.97. The zero-order chi connectivity index (χ0) is 24.0. The van der Waals surface area contributed by atoms with Crippen LogP contribution in [-0.4, -0.2) is 55.6 Å². The Morgan fingerprint density at radius 3 is 2.69 bits per heavy atom. The summed E-state index contributed by atoms with van der Waals surface area (Å²) in [5, 5.41) is 6.36. The minimum Gasteiger partial charge on any atom is -0.462 e. The van der Waals surface area contributed by atoms with Gasteiger partial charge in [-0.2, -0.15) is 0 Å². The summed E-state index contributed by atoms with van der Waals surface area (Å²) < 4.78 is 5.39. The molecule has 176 valence electrons. The van der Waals surface area contributed by atoms with Crippen LogP contribution in [0.1, 0.15) is 27.4 Å². The van der Waals surface area contributed by atoms with Crippen molar-refractivity contribution >= 4 is 17.6 Å². The minimum absolute atomic E-state index is 0.370. The first-order valence-corrected chi connectivity index (χ1v) is 11.3. The number of carbonyl (C=O) groups excluding carboxylic acids is 1. The molecule has 5 rings (SSSR count). The average Bonchev–Trinajstić information content (AvgIpc) is 2.84. The maximum Gasteiger partial charge on any atom is 0.339 e. The molecule has 10 nitrogen and oxygen atoms in total. The quantitative estimate of drug-likeness (QED) is 0.373. The van der Waals surface area contributed by atoms with Gasteiger partial charge in [-0.3, -0.25) is 4.98 Å². The van der Waals surface area contributed by atoms with Gasteiger partial charge in [0, 0.05) is 55.9 Å². The molecule has 0 aliphatic carbocycles. The highest BCUT2D eigenvalue weighted by Gasteiger charge is 2.19. The number of nitrogens with one attached hydrogen (secondary N) is 2. The summed E-state index contributed by atoms with van der Waals surface area (Å²) in [7, 11) is 0. The van der Waals surface area contributed by atoms with Crippen molar-refractivity contribution in [3.63, 3.8) is 0 Å². The normalized spacial score (nSPS) is 13.2. The third kappa shape index (κ3) is 5.79. The minimum atomic E-state index is -0.370. The van der Waals surface area contributed by atoms with Crippen molar-refractivity contribution in [3.05, 3.63) is 83.8 Å². The van der Waals surface area contributed by atoms with Gasteiger partial charge in [-0.05, 0) is 42.8 Å². The number of hydrogen-bond acceptors (Lipinski definition) is 10. The predicted molar refractivity (Wildman–Crippen MR) is 129 cm³/mol. The lowest BCUT2D eigenvalue weighted by atomic mass is 10.1. The molecule has 0 aromatic carbocycles. The number of pyridine rings is 2. The first-order chi connectivity index (χ1) is 17.1. The summed E-state index contributed by atoms with van der Waals surface area (Å²) in [6.45, 7) is 4.10. The number of anilines is 2. The van der Waals surface area contributed by atoms with Crippen LogP contribution in [0.25, 0.3) is 11.5 Å². The van der Waals surface area contributed by atoms with E-state index in [-0.39, 0.29) is 5.97 Å². The molecule has 1 fully saturated rings. The number of carbonyl (C=O) groups is 1. The second-order valence-electron chi connectivity index (χ2n) is 8.29. The van der Waals surface area contributed by atoms with Crippen LogP contribution in [0.4, 0.5) is 11.6 Å². The second-order valence-corrected chi connectivity index (χ2v) is 8.29. The zero-order valence-electron chi connectivity index (χ0n) is 19.2. The summed E-state index contributed by atoms with van der Waals surface area (Å²) in [4.78, 5) is 38.9. The molecule has 4 aromatic rings. The van der Waals surface area contributed by atoms with E-state index in [0.29, 0.717) is 53.5 Å². The van der Waals surface area contributed by atoms with Crippen LogP contribution in [0.3, 0.4) is 0 Å². The third-order valence-corrected chi connectivity index (χ3v) is 5.44. The van der Waals surface area contributed by atoms with Crippen molar-refractivity contribution in [2.75, 3.05) is 25.0 Å². The van der Waals surface area contributed by atoms with E-state index in [1.165, 1.54) is 6.20 Å². The Hall–Kier alpha value is -4.31. The van der Waals surface area contributed by atoms with Crippen LogP contribution in [0.2, 0.25) is 0 Å². The first kappa shape index (κ1) is 22.5. The highest BCUT2D eigenvalue weighted by Crippen LogP contribution is 2.18. The van der Waals surface area contributed by atoms with Gasteiger partial charge in [0.1, 0.15) is 23.2 Å². The number of aryl methyl sites for hydroxylation is 1. The van der Waals surface area contributed by atoms with Gasteiger partial charge in [-0.25, -0.2) is 29.7 Å². The molecule has 2 N–H and O–H groups in total. The molecule has 0 amide bonds. The molecule has 5 heterocycles. The van der Waals surface area contributed by atoms with Crippen molar-refractivity contribution in [2.45, 2.75) is 13.3 Å². The van der Waals surface area contributed by atoms with E-state index in [4.69, 9.17) is 4.74 Å². The van der Waals surface area contributed by atoms with Gasteiger partial charge in [0.2, 0.25) is 0 Å². The van der Waals surface area contributed by atoms with Gasteiger partial charge >= 0.3 is 5.97 Å². The molecule has 0 saturated carbocycles. The van der Waals surface area contributed by atoms with E-state index < -0.39 is 0 Å². The van der Waals surface area contributed by atoms with Crippen LogP contribution in [-0.2, 0) is 11.2 Å². The molecule has 10 heteroatoms. The Labute approximate surface area is 202 Å². The molecule has 0 spiro atoms. The molecule has 35 heavy (non-hydrogen) atoms. The van der Waals surface area contributed by atoms with Gasteiger partial charge in [-0.15, -0.1) is 0 Å². The fraction of sp³-hybridized carbons (Fsp3) is 0.240. The number of esters is 1. The Morgan fingerprint density at radius 2 is 1.89 bits per heavy atom. The van der Waals surface area contributed by atoms with E-state index in [0.717, 1.165) is 24.3 Å². The number of nitrogens with zero attached hydrogens (tertiary/aromatic N) is 6. The first-order valence-electron chi connectivity index (χ1n) is 11.3. The molecule has 0 bridgehead atoms. The predicted octanol–water partition coefficient (Wildman–Crippen LogP) is 2.74. The second kappa shape index (κ2) is 10.3. The molecule has 1 aliphatic rings. The van der Waals surface area contributed by atoms with E-state index in [2.05, 4.69) is 40.5 Å². The number of rotatable bonds is 8. The molecule has 0 radical (unpaired) electrons. The van der Waals surface area contributed by atoms with Gasteiger partial charge in [0.15, 0.2) is 5.82 Å². The number of ether oxygens (including phenoxy) is 1. The van der Waals surface area contributed by atoms with Crippen molar-refractivity contribution in [2.24, 2.45) is 5.92 Å². The SMILES string of the molecule is Cc1cccc(-c2nccc(Nc3ccnc(Cc4cncc(C(=O)OCC5CNC5)c4)n3)n2)n1. The zero-order valence-corrected chi connectivity index (χ0v) is 19.2. The molecule has 0 unspecified atom stereocenters. The van der Waals surface area contributed by atoms with Crippen molar-refractivity contribution < 1.29 is 9.53 Å². The fourth-order valence-corrected chi connectivity index (χ4v) is 3.53. The standard InChI is InChI=1S/C25H24N8O2/c1-16-3-2-4-20(30-16)24-29-8-6-22(33-24)31-21-5-7-28-23(32-21)10-17-9-19(14-27-11-17)25(34)35-15-18-12-26-13-18/h2-9,11,14,18,26H,10,12-13,15H2,1H3,(H,28,29,31,32,33). The van der Waals surface area contributed by atoms with Gasteiger partial charge < -0.3 is 15.4 Å². The smallest absolute Gasteiger partial charge is 0.339 e. The monoisotopic (exact) mass is 468 g/mol. The third-order valence-electron chi connectivity index (χ3n) is 5.44. The van der Waals surface area contributed by atoms with E-state index >= 15 is 0 Å². The van der Waals surface area contributed by atoms with E-state index in [1.54, 1.807) is 36.8 Å². The van der Waals surface area contributed by atoms with Gasteiger partial charge in [-0.1, -0.05) is 6.07 Å². The molecule has 1 saturated heterocycles. The Bertz CT molecular complexity index is 1340. The largest absolute Gasteiger partial charge is 0.462 e. The Morgan fingerprint density at radius 1 is 1.06 bits per heavy atom. The number of hydrogen-bond donors (Lipinski definition) is 2. The van der Waals surface area contributed by atoms with Crippen LogP contribution in [0.15, 0.2) is 61.2 Å². The van der Waals surface area contributed by atoms with Crippen molar-refractivity contribution in [3.8, 4) is 11.5 Å². The Kier molecular flexibility index (Phi) is 6.62. The summed E-state index contributed by atoms with van der Waals surface area (Å²) in [5.74, 6) is 2.31. The summed E-state index contributed by atoms with van der Waals surface area (Å²) >= 11 is 0. The topological polar surface area (TPSA) is 128 Å². The lowest BCUT2D eigenvalue weighted by Crippen LogP contribution is -2.44. The van der Waals surface area contributed by atoms with Gasteiger partial charge in [0.05, 0.1) is 12.2 Å². The van der Waals surface area contributed by atoms with Gasteiger partial charge in [0.25, 0.3) is 0 Å².